The van der Waals surface area contributed by atoms with Crippen molar-refractivity contribution >= 4 is 15.9 Å². The van der Waals surface area contributed by atoms with Gasteiger partial charge < -0.3 is 14.8 Å². The molecule has 1 aromatic carbocycles. The molecule has 1 saturated carbocycles. The Kier molecular flexibility index (Phi) is 4.34. The molecule has 0 bridgehead atoms. The van der Waals surface area contributed by atoms with Gasteiger partial charge in [-0.2, -0.15) is 0 Å². The summed E-state index contributed by atoms with van der Waals surface area (Å²) in [6, 6.07) is 4.43. The molecular weight excluding hydrogens is 318 g/mol. The molecule has 1 aromatic rings. The second-order valence-corrected chi connectivity index (χ2v) is 6.91. The molecule has 4 heteroatoms. The molecule has 1 N–H and O–H groups in total. The smallest absolute Gasteiger partial charge is 0.125 e. The van der Waals surface area contributed by atoms with Crippen molar-refractivity contribution in [1.29, 1.82) is 0 Å². The first kappa shape index (κ1) is 14.4. The summed E-state index contributed by atoms with van der Waals surface area (Å²) in [5, 5.41) is 3.51. The number of hydrogen-bond donors (Lipinski definition) is 1. The first-order valence-electron chi connectivity index (χ1n) is 7.36. The zero-order valence-corrected chi connectivity index (χ0v) is 13.6. The van der Waals surface area contributed by atoms with Gasteiger partial charge in [0, 0.05) is 31.1 Å². The van der Waals surface area contributed by atoms with Gasteiger partial charge in [-0.15, -0.1) is 0 Å². The van der Waals surface area contributed by atoms with E-state index in [0.717, 1.165) is 44.9 Å². The van der Waals surface area contributed by atoms with E-state index >= 15 is 0 Å². The topological polar surface area (TPSA) is 30.5 Å². The standard InChI is InChI=1S/C16H22BrNO2/c1-19-7-5-18-11-16(3-4-16)10-13-9-14(17)8-12-2-6-20-15(12)13/h8-9,18H,2-7,10-11H2,1H3. The molecule has 0 unspecified atom stereocenters. The fourth-order valence-electron chi connectivity index (χ4n) is 3.00. The van der Waals surface area contributed by atoms with E-state index in [-0.39, 0.29) is 0 Å². The molecular formula is C16H22BrNO2. The van der Waals surface area contributed by atoms with Crippen LogP contribution in [0.2, 0.25) is 0 Å². The highest BCUT2D eigenvalue weighted by molar-refractivity contribution is 9.10. The van der Waals surface area contributed by atoms with Crippen LogP contribution in [-0.4, -0.2) is 33.4 Å². The summed E-state index contributed by atoms with van der Waals surface area (Å²) < 4.78 is 12.1. The van der Waals surface area contributed by atoms with Crippen LogP contribution in [0.15, 0.2) is 16.6 Å². The molecule has 20 heavy (non-hydrogen) atoms. The summed E-state index contributed by atoms with van der Waals surface area (Å²) in [5.74, 6) is 1.15. The van der Waals surface area contributed by atoms with E-state index in [1.54, 1.807) is 7.11 Å². The molecule has 0 atom stereocenters. The van der Waals surface area contributed by atoms with Crippen LogP contribution in [0.1, 0.15) is 24.0 Å². The largest absolute Gasteiger partial charge is 0.493 e. The van der Waals surface area contributed by atoms with Gasteiger partial charge >= 0.3 is 0 Å². The molecule has 2 aliphatic rings. The van der Waals surface area contributed by atoms with Crippen LogP contribution in [0.4, 0.5) is 0 Å². The molecule has 3 rings (SSSR count). The number of fused-ring (bicyclic) bond motifs is 1. The van der Waals surface area contributed by atoms with Crippen LogP contribution >= 0.6 is 15.9 Å². The lowest BCUT2D eigenvalue weighted by molar-refractivity contribution is 0.197. The Balaban J connectivity index is 1.66. The van der Waals surface area contributed by atoms with Crippen LogP contribution in [-0.2, 0) is 17.6 Å². The van der Waals surface area contributed by atoms with Gasteiger partial charge in [-0.3, -0.25) is 0 Å². The van der Waals surface area contributed by atoms with Gasteiger partial charge in [-0.25, -0.2) is 0 Å². The molecule has 1 heterocycles. The highest BCUT2D eigenvalue weighted by Crippen LogP contribution is 2.50. The van der Waals surface area contributed by atoms with E-state index in [1.807, 2.05) is 0 Å². The highest BCUT2D eigenvalue weighted by atomic mass is 79.9. The van der Waals surface area contributed by atoms with Crippen molar-refractivity contribution < 1.29 is 9.47 Å². The number of ether oxygens (including phenoxy) is 2. The SMILES string of the molecule is COCCNCC1(Cc2cc(Br)cc3c2OCC3)CC1. The molecule has 1 aliphatic carbocycles. The maximum absolute atomic E-state index is 5.84. The Hall–Kier alpha value is -0.580. The highest BCUT2D eigenvalue weighted by Gasteiger charge is 2.42. The first-order chi connectivity index (χ1) is 9.72. The van der Waals surface area contributed by atoms with Crippen LogP contribution in [0.3, 0.4) is 0 Å². The van der Waals surface area contributed by atoms with Crippen LogP contribution < -0.4 is 10.1 Å². The summed E-state index contributed by atoms with van der Waals surface area (Å²) in [5.41, 5.74) is 3.17. The number of methoxy groups -OCH3 is 1. The predicted octanol–water partition coefficient (Wildman–Crippen LogP) is 2.94. The van der Waals surface area contributed by atoms with Crippen molar-refractivity contribution in [3.8, 4) is 5.75 Å². The van der Waals surface area contributed by atoms with Gasteiger partial charge in [-0.1, -0.05) is 15.9 Å². The van der Waals surface area contributed by atoms with E-state index < -0.39 is 0 Å². The van der Waals surface area contributed by atoms with Gasteiger partial charge in [0.2, 0.25) is 0 Å². The zero-order valence-electron chi connectivity index (χ0n) is 12.0. The predicted molar refractivity (Wildman–Crippen MR) is 83.5 cm³/mol. The molecule has 0 amide bonds. The Morgan fingerprint density at radius 3 is 3.00 bits per heavy atom. The minimum atomic E-state index is 0.439. The second kappa shape index (κ2) is 6.04. The minimum Gasteiger partial charge on any atom is -0.493 e. The van der Waals surface area contributed by atoms with Crippen molar-refractivity contribution in [2.24, 2.45) is 5.41 Å². The molecule has 1 aliphatic heterocycles. The van der Waals surface area contributed by atoms with Crippen LogP contribution in [0.25, 0.3) is 0 Å². The molecule has 0 spiro atoms. The molecule has 110 valence electrons. The second-order valence-electron chi connectivity index (χ2n) is 6.00. The Labute approximate surface area is 129 Å². The zero-order chi connectivity index (χ0) is 14.0. The van der Waals surface area contributed by atoms with Crippen LogP contribution in [0, 0.1) is 5.41 Å². The third-order valence-corrected chi connectivity index (χ3v) is 4.79. The summed E-state index contributed by atoms with van der Waals surface area (Å²) >= 11 is 3.63. The Morgan fingerprint density at radius 1 is 1.40 bits per heavy atom. The van der Waals surface area contributed by atoms with Crippen molar-refractivity contribution in [1.82, 2.24) is 5.32 Å². The lowest BCUT2D eigenvalue weighted by Crippen LogP contribution is -2.28. The van der Waals surface area contributed by atoms with E-state index in [2.05, 4.69) is 33.4 Å². The van der Waals surface area contributed by atoms with E-state index in [0.29, 0.717) is 5.41 Å². The molecule has 0 aromatic heterocycles. The lowest BCUT2D eigenvalue weighted by Gasteiger charge is -2.18. The Bertz CT molecular complexity index is 486. The molecule has 3 nitrogen and oxygen atoms in total. The third-order valence-electron chi connectivity index (χ3n) is 4.33. The van der Waals surface area contributed by atoms with Crippen molar-refractivity contribution in [2.45, 2.75) is 25.7 Å². The summed E-state index contributed by atoms with van der Waals surface area (Å²) in [6.45, 7) is 3.63. The number of halogens is 1. The molecule has 0 radical (unpaired) electrons. The fraction of sp³-hybridized carbons (Fsp3) is 0.625. The molecule has 1 fully saturated rings. The van der Waals surface area contributed by atoms with Gasteiger partial charge in [0.25, 0.3) is 0 Å². The summed E-state index contributed by atoms with van der Waals surface area (Å²) in [7, 11) is 1.75. The monoisotopic (exact) mass is 339 g/mol. The van der Waals surface area contributed by atoms with Gasteiger partial charge in [0.05, 0.1) is 13.2 Å². The van der Waals surface area contributed by atoms with Gasteiger partial charge in [0.15, 0.2) is 0 Å². The normalized spacial score (nSPS) is 18.7. The van der Waals surface area contributed by atoms with Crippen molar-refractivity contribution in [3.05, 3.63) is 27.7 Å². The fourth-order valence-corrected chi connectivity index (χ4v) is 3.55. The lowest BCUT2D eigenvalue weighted by atomic mass is 9.94. The average molecular weight is 340 g/mol. The molecule has 0 saturated heterocycles. The third kappa shape index (κ3) is 3.18. The summed E-state index contributed by atoms with van der Waals surface area (Å²) in [6.07, 6.45) is 4.79. The Morgan fingerprint density at radius 2 is 2.25 bits per heavy atom. The van der Waals surface area contributed by atoms with E-state index in [4.69, 9.17) is 9.47 Å². The maximum Gasteiger partial charge on any atom is 0.125 e. The summed E-state index contributed by atoms with van der Waals surface area (Å²) in [4.78, 5) is 0. The van der Waals surface area contributed by atoms with E-state index in [9.17, 15) is 0 Å². The quantitative estimate of drug-likeness (QED) is 0.774. The van der Waals surface area contributed by atoms with E-state index in [1.165, 1.54) is 28.4 Å². The van der Waals surface area contributed by atoms with Gasteiger partial charge in [-0.05, 0) is 47.9 Å². The number of benzene rings is 1. The average Bonchev–Trinajstić information content (AvgIpc) is 3.00. The number of rotatable bonds is 7. The van der Waals surface area contributed by atoms with Crippen molar-refractivity contribution in [3.63, 3.8) is 0 Å². The first-order valence-corrected chi connectivity index (χ1v) is 8.15. The number of hydrogen-bond acceptors (Lipinski definition) is 3. The van der Waals surface area contributed by atoms with Crippen LogP contribution in [0.5, 0.6) is 5.75 Å². The van der Waals surface area contributed by atoms with Gasteiger partial charge in [0.1, 0.15) is 5.75 Å². The minimum absolute atomic E-state index is 0.439. The maximum atomic E-state index is 5.84. The number of nitrogens with one attached hydrogen (secondary N) is 1. The van der Waals surface area contributed by atoms with Crippen molar-refractivity contribution in [2.75, 3.05) is 33.4 Å².